The fraction of sp³-hybridized carbons (Fsp3) is 0.536. The Morgan fingerprint density at radius 1 is 1.03 bits per heavy atom. The Bertz CT molecular complexity index is 1060. The molecule has 2 N–H and O–H groups in total. The van der Waals surface area contributed by atoms with Crippen LogP contribution in [0.2, 0.25) is 0 Å². The number of ether oxygens (including phenoxy) is 1. The molecule has 0 aliphatic carbocycles. The summed E-state index contributed by atoms with van der Waals surface area (Å²) in [5.41, 5.74) is -0.498. The third kappa shape index (κ3) is 5.05. The lowest BCUT2D eigenvalue weighted by molar-refractivity contribution is -0.117. The van der Waals surface area contributed by atoms with Gasteiger partial charge in [-0.1, -0.05) is 54.6 Å². The molecule has 0 bridgehead atoms. The van der Waals surface area contributed by atoms with Gasteiger partial charge in [0.15, 0.2) is 0 Å². The van der Waals surface area contributed by atoms with E-state index in [-0.39, 0.29) is 12.5 Å². The molecule has 3 atom stereocenters. The monoisotopic (exact) mass is 495 g/mol. The number of carbonyl (C=O) groups excluding carboxylic acids is 1. The van der Waals surface area contributed by atoms with E-state index in [4.69, 9.17) is 14.0 Å². The molecule has 1 amide bonds. The minimum absolute atomic E-state index is 0.108. The van der Waals surface area contributed by atoms with E-state index in [2.05, 4.69) is 0 Å². The number of aliphatic hydroxyl groups is 2. The molecule has 2 fully saturated rings. The van der Waals surface area contributed by atoms with Crippen molar-refractivity contribution in [2.24, 2.45) is 0 Å². The van der Waals surface area contributed by atoms with Crippen molar-refractivity contribution in [3.8, 4) is 0 Å². The molecule has 2 heterocycles. The Labute approximate surface area is 214 Å². The molecule has 2 aromatic carbocycles. The number of carbonyl (C=O) groups is 1. The molecular formula is C28H38BNO6. The van der Waals surface area contributed by atoms with E-state index in [9.17, 15) is 15.0 Å². The molecule has 2 aliphatic rings. The molecule has 0 spiro atoms. The standard InChI is InChI=1S/C28H38BNO6/c1-20(21-12-14-23(15-13-21)29-35-25(2,3)26(4,5)36-29)30-17-16-28(34-24(30)32,18-27(6,33)19-31)22-10-8-7-9-11-22/h7-15,20,31,33H,16-19H2,1-6H3/t20-,27+,28-/m0/s1. The first kappa shape index (κ1) is 26.7. The largest absolute Gasteiger partial charge is 0.494 e. The maximum atomic E-state index is 13.3. The van der Waals surface area contributed by atoms with Crippen LogP contribution in [0, 0.1) is 0 Å². The highest BCUT2D eigenvalue weighted by molar-refractivity contribution is 6.62. The number of nitrogens with zero attached hydrogens (tertiary/aromatic N) is 1. The van der Waals surface area contributed by atoms with Gasteiger partial charge in [0.2, 0.25) is 0 Å². The molecule has 0 unspecified atom stereocenters. The Balaban J connectivity index is 1.50. The fourth-order valence-electron chi connectivity index (χ4n) is 4.95. The van der Waals surface area contributed by atoms with Gasteiger partial charge in [-0.15, -0.1) is 0 Å². The molecule has 0 saturated carbocycles. The highest BCUT2D eigenvalue weighted by Crippen LogP contribution is 2.42. The van der Waals surface area contributed by atoms with Crippen molar-refractivity contribution in [1.29, 1.82) is 0 Å². The predicted molar refractivity (Wildman–Crippen MR) is 139 cm³/mol. The third-order valence-corrected chi connectivity index (χ3v) is 7.99. The number of rotatable bonds is 7. The summed E-state index contributed by atoms with van der Waals surface area (Å²) in [5, 5.41) is 20.3. The summed E-state index contributed by atoms with van der Waals surface area (Å²) >= 11 is 0. The number of hydrogen-bond donors (Lipinski definition) is 2. The summed E-state index contributed by atoms with van der Waals surface area (Å²) in [5.74, 6) is 0. The van der Waals surface area contributed by atoms with Crippen molar-refractivity contribution in [2.75, 3.05) is 13.2 Å². The van der Waals surface area contributed by atoms with Crippen molar-refractivity contribution in [3.63, 3.8) is 0 Å². The highest BCUT2D eigenvalue weighted by Gasteiger charge is 2.52. The molecule has 2 aromatic rings. The first-order valence-corrected chi connectivity index (χ1v) is 12.6. The van der Waals surface area contributed by atoms with Crippen LogP contribution in [0.4, 0.5) is 4.79 Å². The second kappa shape index (κ2) is 9.49. The minimum atomic E-state index is -1.38. The number of cyclic esters (lactones) is 1. The van der Waals surface area contributed by atoms with Gasteiger partial charge in [-0.3, -0.25) is 0 Å². The summed E-state index contributed by atoms with van der Waals surface area (Å²) < 4.78 is 18.4. The normalized spacial score (nSPS) is 25.8. The van der Waals surface area contributed by atoms with Crippen molar-refractivity contribution in [3.05, 3.63) is 65.7 Å². The van der Waals surface area contributed by atoms with Crippen molar-refractivity contribution in [2.45, 2.75) is 82.8 Å². The summed E-state index contributed by atoms with van der Waals surface area (Å²) in [4.78, 5) is 15.0. The summed E-state index contributed by atoms with van der Waals surface area (Å²) in [6.07, 6.45) is 0.161. The molecule has 2 saturated heterocycles. The van der Waals surface area contributed by atoms with Gasteiger partial charge in [-0.05, 0) is 58.1 Å². The molecule has 194 valence electrons. The molecule has 36 heavy (non-hydrogen) atoms. The van der Waals surface area contributed by atoms with Crippen molar-refractivity contribution >= 4 is 18.7 Å². The van der Waals surface area contributed by atoms with E-state index in [1.54, 1.807) is 11.8 Å². The van der Waals surface area contributed by atoms with Crippen molar-refractivity contribution < 1.29 is 29.1 Å². The van der Waals surface area contributed by atoms with Gasteiger partial charge in [0, 0.05) is 19.4 Å². The Kier molecular flexibility index (Phi) is 7.03. The molecule has 2 aliphatic heterocycles. The highest BCUT2D eigenvalue weighted by atomic mass is 16.7. The Morgan fingerprint density at radius 2 is 1.61 bits per heavy atom. The second-order valence-electron chi connectivity index (χ2n) is 11.4. The van der Waals surface area contributed by atoms with Crippen LogP contribution in [0.5, 0.6) is 0 Å². The molecule has 0 aromatic heterocycles. The minimum Gasteiger partial charge on any atom is -0.438 e. The van der Waals surface area contributed by atoms with Gasteiger partial charge < -0.3 is 29.2 Å². The van der Waals surface area contributed by atoms with Crippen LogP contribution in [-0.2, 0) is 19.6 Å². The lowest BCUT2D eigenvalue weighted by Crippen LogP contribution is -2.52. The number of hydrogen-bond acceptors (Lipinski definition) is 6. The average Bonchev–Trinajstić information content (AvgIpc) is 3.06. The van der Waals surface area contributed by atoms with E-state index in [0.717, 1.165) is 16.6 Å². The Hall–Kier alpha value is -2.39. The van der Waals surface area contributed by atoms with Gasteiger partial charge in [0.25, 0.3) is 0 Å². The molecule has 7 nitrogen and oxygen atoms in total. The van der Waals surface area contributed by atoms with E-state index >= 15 is 0 Å². The summed E-state index contributed by atoms with van der Waals surface area (Å²) in [6.45, 7) is 11.7. The zero-order chi connectivity index (χ0) is 26.4. The van der Waals surface area contributed by atoms with Crippen LogP contribution in [0.3, 0.4) is 0 Å². The SMILES string of the molecule is C[C@@H](c1ccc(B2OC(C)(C)C(C)(C)O2)cc1)N1CC[C@](C[C@@](C)(O)CO)(c2ccccc2)OC1=O. The zero-order valence-electron chi connectivity index (χ0n) is 22.2. The van der Waals surface area contributed by atoms with Crippen LogP contribution in [0.15, 0.2) is 54.6 Å². The topological polar surface area (TPSA) is 88.5 Å². The summed E-state index contributed by atoms with van der Waals surface area (Å²) in [7, 11) is -0.440. The first-order chi connectivity index (χ1) is 16.8. The van der Waals surface area contributed by atoms with E-state index < -0.39 is 42.2 Å². The van der Waals surface area contributed by atoms with Crippen molar-refractivity contribution in [1.82, 2.24) is 4.90 Å². The van der Waals surface area contributed by atoms with Crippen LogP contribution in [0.1, 0.15) is 71.6 Å². The van der Waals surface area contributed by atoms with Gasteiger partial charge in [-0.2, -0.15) is 0 Å². The van der Waals surface area contributed by atoms with Gasteiger partial charge in [0.05, 0.1) is 29.5 Å². The predicted octanol–water partition coefficient (Wildman–Crippen LogP) is 3.92. The molecular weight excluding hydrogens is 457 g/mol. The van der Waals surface area contributed by atoms with Crippen LogP contribution in [0.25, 0.3) is 0 Å². The van der Waals surface area contributed by atoms with Gasteiger partial charge >= 0.3 is 13.2 Å². The number of benzene rings is 2. The van der Waals surface area contributed by atoms with Crippen LogP contribution >= 0.6 is 0 Å². The maximum absolute atomic E-state index is 13.3. The zero-order valence-corrected chi connectivity index (χ0v) is 22.2. The maximum Gasteiger partial charge on any atom is 0.494 e. The van der Waals surface area contributed by atoms with E-state index in [1.807, 2.05) is 89.2 Å². The smallest absolute Gasteiger partial charge is 0.438 e. The van der Waals surface area contributed by atoms with E-state index in [1.165, 1.54) is 0 Å². The fourth-order valence-corrected chi connectivity index (χ4v) is 4.95. The Morgan fingerprint density at radius 3 is 2.14 bits per heavy atom. The number of amides is 1. The third-order valence-electron chi connectivity index (χ3n) is 7.99. The van der Waals surface area contributed by atoms with Crippen LogP contribution in [-0.4, -0.2) is 58.3 Å². The number of aliphatic hydroxyl groups excluding tert-OH is 1. The van der Waals surface area contributed by atoms with Gasteiger partial charge in [0.1, 0.15) is 5.60 Å². The molecule has 4 rings (SSSR count). The molecule has 8 heteroatoms. The summed E-state index contributed by atoms with van der Waals surface area (Å²) in [6, 6.07) is 17.2. The average molecular weight is 495 g/mol. The second-order valence-corrected chi connectivity index (χ2v) is 11.4. The van der Waals surface area contributed by atoms with Gasteiger partial charge in [-0.25, -0.2) is 4.79 Å². The quantitative estimate of drug-likeness (QED) is 0.567. The lowest BCUT2D eigenvalue weighted by atomic mass is 9.78. The lowest BCUT2D eigenvalue weighted by Gasteiger charge is -2.45. The molecule has 0 radical (unpaired) electrons. The van der Waals surface area contributed by atoms with E-state index in [0.29, 0.717) is 13.0 Å². The first-order valence-electron chi connectivity index (χ1n) is 12.6. The van der Waals surface area contributed by atoms with Crippen LogP contribution < -0.4 is 5.46 Å².